The summed E-state index contributed by atoms with van der Waals surface area (Å²) in [6, 6.07) is 7.47. The minimum Gasteiger partial charge on any atom is -0.370 e. The molecular weight excluding hydrogens is 224 g/mol. The normalized spacial score (nSPS) is 20.7. The number of carbonyl (C=O) groups is 1. The predicted molar refractivity (Wildman–Crippen MR) is 63.8 cm³/mol. The van der Waals surface area contributed by atoms with Crippen molar-refractivity contribution in [3.63, 3.8) is 0 Å². The van der Waals surface area contributed by atoms with Crippen molar-refractivity contribution in [2.24, 2.45) is 0 Å². The quantitative estimate of drug-likeness (QED) is 0.809. The average Bonchev–Trinajstić information content (AvgIpc) is 2.33. The van der Waals surface area contributed by atoms with E-state index < -0.39 is 0 Å². The molecule has 2 nitrogen and oxygen atoms in total. The fourth-order valence-corrected chi connectivity index (χ4v) is 2.14. The van der Waals surface area contributed by atoms with E-state index in [1.54, 1.807) is 0 Å². The van der Waals surface area contributed by atoms with Crippen molar-refractivity contribution in [1.82, 2.24) is 0 Å². The highest BCUT2D eigenvalue weighted by Crippen LogP contribution is 2.19. The molecule has 0 saturated carbocycles. The van der Waals surface area contributed by atoms with E-state index in [4.69, 9.17) is 16.3 Å². The van der Waals surface area contributed by atoms with Gasteiger partial charge in [0.15, 0.2) is 5.78 Å². The molecule has 1 heterocycles. The SMILES string of the molecule is O=C(Cc1ccccc1Cl)C1CCCCO1. The van der Waals surface area contributed by atoms with Crippen LogP contribution in [0.5, 0.6) is 0 Å². The number of benzene rings is 1. The largest absolute Gasteiger partial charge is 0.370 e. The third-order valence-corrected chi connectivity index (χ3v) is 3.23. The van der Waals surface area contributed by atoms with Crippen LogP contribution in [0.1, 0.15) is 24.8 Å². The first kappa shape index (κ1) is 11.6. The van der Waals surface area contributed by atoms with Crippen molar-refractivity contribution >= 4 is 17.4 Å². The van der Waals surface area contributed by atoms with Crippen LogP contribution in [-0.4, -0.2) is 18.5 Å². The van der Waals surface area contributed by atoms with Gasteiger partial charge in [-0.3, -0.25) is 4.79 Å². The summed E-state index contributed by atoms with van der Waals surface area (Å²) in [5, 5.41) is 0.659. The van der Waals surface area contributed by atoms with Gasteiger partial charge in [-0.1, -0.05) is 29.8 Å². The molecule has 1 aromatic rings. The summed E-state index contributed by atoms with van der Waals surface area (Å²) in [6.07, 6.45) is 3.16. The van der Waals surface area contributed by atoms with Gasteiger partial charge in [0.25, 0.3) is 0 Å². The second-order valence-electron chi connectivity index (χ2n) is 4.09. The summed E-state index contributed by atoms with van der Waals surface area (Å²) in [5.74, 6) is 0.146. The van der Waals surface area contributed by atoms with Crippen LogP contribution in [0.15, 0.2) is 24.3 Å². The summed E-state index contributed by atoms with van der Waals surface area (Å²) in [7, 11) is 0. The lowest BCUT2D eigenvalue weighted by molar-refractivity contribution is -0.132. The molecule has 16 heavy (non-hydrogen) atoms. The molecule has 1 saturated heterocycles. The number of halogens is 1. The summed E-state index contributed by atoms with van der Waals surface area (Å²) in [6.45, 7) is 0.707. The Morgan fingerprint density at radius 2 is 2.19 bits per heavy atom. The van der Waals surface area contributed by atoms with Crippen LogP contribution >= 0.6 is 11.6 Å². The van der Waals surface area contributed by atoms with Crippen LogP contribution in [0, 0.1) is 0 Å². The van der Waals surface area contributed by atoms with Crippen LogP contribution in [0.4, 0.5) is 0 Å². The monoisotopic (exact) mass is 238 g/mol. The molecule has 0 bridgehead atoms. The van der Waals surface area contributed by atoms with E-state index >= 15 is 0 Å². The lowest BCUT2D eigenvalue weighted by atomic mass is 10.00. The van der Waals surface area contributed by atoms with Crippen molar-refractivity contribution in [1.29, 1.82) is 0 Å². The topological polar surface area (TPSA) is 26.3 Å². The summed E-state index contributed by atoms with van der Waals surface area (Å²) in [5.41, 5.74) is 0.892. The fourth-order valence-electron chi connectivity index (χ4n) is 1.94. The molecule has 3 heteroatoms. The highest BCUT2D eigenvalue weighted by Gasteiger charge is 2.22. The molecule has 0 aliphatic carbocycles. The Labute approximate surface area is 101 Å². The first-order chi connectivity index (χ1) is 7.77. The summed E-state index contributed by atoms with van der Waals surface area (Å²) >= 11 is 6.01. The predicted octanol–water partition coefficient (Wildman–Crippen LogP) is 3.02. The summed E-state index contributed by atoms with van der Waals surface area (Å²) < 4.78 is 5.46. The van der Waals surface area contributed by atoms with Gasteiger partial charge in [0.1, 0.15) is 6.10 Å². The van der Waals surface area contributed by atoms with Crippen LogP contribution in [0.2, 0.25) is 5.02 Å². The Morgan fingerprint density at radius 1 is 1.38 bits per heavy atom. The van der Waals surface area contributed by atoms with Crippen molar-refractivity contribution in [3.8, 4) is 0 Å². The average molecular weight is 239 g/mol. The van der Waals surface area contributed by atoms with Crippen LogP contribution < -0.4 is 0 Å². The van der Waals surface area contributed by atoms with Gasteiger partial charge in [0, 0.05) is 18.1 Å². The van der Waals surface area contributed by atoms with E-state index in [2.05, 4.69) is 0 Å². The van der Waals surface area contributed by atoms with Gasteiger partial charge in [0.05, 0.1) is 0 Å². The van der Waals surface area contributed by atoms with E-state index in [0.29, 0.717) is 18.1 Å². The highest BCUT2D eigenvalue weighted by atomic mass is 35.5. The molecule has 0 N–H and O–H groups in total. The third kappa shape index (κ3) is 2.83. The van der Waals surface area contributed by atoms with E-state index in [-0.39, 0.29) is 11.9 Å². The Bertz CT molecular complexity index is 370. The second kappa shape index (κ2) is 5.46. The molecular formula is C13H15ClO2. The standard InChI is InChI=1S/C13H15ClO2/c14-11-6-2-1-5-10(11)9-12(15)13-7-3-4-8-16-13/h1-2,5-6,13H,3-4,7-9H2. The van der Waals surface area contributed by atoms with E-state index in [1.165, 1.54) is 0 Å². The fraction of sp³-hybridized carbons (Fsp3) is 0.462. The van der Waals surface area contributed by atoms with Gasteiger partial charge in [-0.2, -0.15) is 0 Å². The molecule has 0 radical (unpaired) electrons. The third-order valence-electron chi connectivity index (χ3n) is 2.86. The van der Waals surface area contributed by atoms with Gasteiger partial charge in [-0.15, -0.1) is 0 Å². The zero-order chi connectivity index (χ0) is 11.4. The molecule has 2 rings (SSSR count). The molecule has 1 aliphatic heterocycles. The number of hydrogen-bond donors (Lipinski definition) is 0. The molecule has 1 atom stereocenters. The Balaban J connectivity index is 1.99. The number of hydrogen-bond acceptors (Lipinski definition) is 2. The van der Waals surface area contributed by atoms with Crippen molar-refractivity contribution in [3.05, 3.63) is 34.9 Å². The summed E-state index contributed by atoms with van der Waals surface area (Å²) in [4.78, 5) is 11.9. The lowest BCUT2D eigenvalue weighted by Gasteiger charge is -2.21. The molecule has 1 fully saturated rings. The Kier molecular flexibility index (Phi) is 3.97. The van der Waals surface area contributed by atoms with Crippen LogP contribution in [0.3, 0.4) is 0 Å². The smallest absolute Gasteiger partial charge is 0.165 e. The zero-order valence-corrected chi connectivity index (χ0v) is 9.87. The first-order valence-corrected chi connectivity index (χ1v) is 6.03. The first-order valence-electron chi connectivity index (χ1n) is 5.65. The molecule has 0 spiro atoms. The molecule has 0 aromatic heterocycles. The lowest BCUT2D eigenvalue weighted by Crippen LogP contribution is -2.29. The molecule has 0 amide bonds. The van der Waals surface area contributed by atoms with Gasteiger partial charge >= 0.3 is 0 Å². The highest BCUT2D eigenvalue weighted by molar-refractivity contribution is 6.31. The van der Waals surface area contributed by atoms with Crippen LogP contribution in [-0.2, 0) is 16.0 Å². The second-order valence-corrected chi connectivity index (χ2v) is 4.50. The van der Waals surface area contributed by atoms with E-state index in [1.807, 2.05) is 24.3 Å². The number of Topliss-reactive ketones (excluding diaryl/α,β-unsaturated/α-hetero) is 1. The maximum atomic E-state index is 11.9. The number of ketones is 1. The number of rotatable bonds is 3. The zero-order valence-electron chi connectivity index (χ0n) is 9.12. The van der Waals surface area contributed by atoms with Gasteiger partial charge < -0.3 is 4.74 Å². The Morgan fingerprint density at radius 3 is 2.88 bits per heavy atom. The Hall–Kier alpha value is -0.860. The van der Waals surface area contributed by atoms with Crippen molar-refractivity contribution in [2.45, 2.75) is 31.8 Å². The molecule has 1 aliphatic rings. The molecule has 1 aromatic carbocycles. The van der Waals surface area contributed by atoms with E-state index in [0.717, 1.165) is 24.8 Å². The number of carbonyl (C=O) groups excluding carboxylic acids is 1. The minimum atomic E-state index is -0.218. The van der Waals surface area contributed by atoms with E-state index in [9.17, 15) is 4.79 Å². The van der Waals surface area contributed by atoms with Gasteiger partial charge in [-0.05, 0) is 30.9 Å². The molecule has 86 valence electrons. The maximum Gasteiger partial charge on any atom is 0.165 e. The van der Waals surface area contributed by atoms with Crippen molar-refractivity contribution < 1.29 is 9.53 Å². The van der Waals surface area contributed by atoms with Crippen LogP contribution in [0.25, 0.3) is 0 Å². The molecule has 1 unspecified atom stereocenters. The van der Waals surface area contributed by atoms with Gasteiger partial charge in [0.2, 0.25) is 0 Å². The van der Waals surface area contributed by atoms with Gasteiger partial charge in [-0.25, -0.2) is 0 Å². The number of ether oxygens (including phenoxy) is 1. The van der Waals surface area contributed by atoms with Crippen molar-refractivity contribution in [2.75, 3.05) is 6.61 Å². The maximum absolute atomic E-state index is 11.9. The minimum absolute atomic E-state index is 0.146.